The summed E-state index contributed by atoms with van der Waals surface area (Å²) in [5.74, 6) is 0.337. The van der Waals surface area contributed by atoms with Crippen molar-refractivity contribution in [3.63, 3.8) is 0 Å². The molecule has 252 valence electrons. The molecule has 1 unspecified atom stereocenters. The molecule has 0 saturated heterocycles. The average molecular weight is 617 g/mol. The lowest BCUT2D eigenvalue weighted by molar-refractivity contribution is -0.161. The smallest absolute Gasteiger partial charge is 0.306 e. The van der Waals surface area contributed by atoms with Crippen LogP contribution in [0.3, 0.4) is 0 Å². The van der Waals surface area contributed by atoms with Crippen LogP contribution in [-0.4, -0.2) is 42.1 Å². The number of esters is 2. The lowest BCUT2D eigenvalue weighted by Gasteiger charge is -2.15. The van der Waals surface area contributed by atoms with Gasteiger partial charge in [-0.15, -0.1) is 0 Å². The van der Waals surface area contributed by atoms with Crippen LogP contribution in [0.25, 0.3) is 0 Å². The number of unbranched alkanes of at least 4 members (excludes halogenated alkanes) is 10. The average Bonchev–Trinajstić information content (AvgIpc) is 3.02. The Kier molecular flexibility index (Phi) is 30.1. The molecule has 0 amide bonds. The Morgan fingerprint density at radius 3 is 1.98 bits per heavy atom. The van der Waals surface area contributed by atoms with Crippen LogP contribution in [-0.2, 0) is 23.9 Å². The molecule has 0 saturated carbocycles. The molecule has 0 aromatic heterocycles. The number of hydrogen-bond acceptors (Lipinski definition) is 6. The monoisotopic (exact) mass is 616 g/mol. The van der Waals surface area contributed by atoms with Gasteiger partial charge in [-0.3, -0.25) is 14.4 Å². The molecule has 0 radical (unpaired) electrons. The van der Waals surface area contributed by atoms with E-state index in [0.29, 0.717) is 19.3 Å². The molecule has 6 nitrogen and oxygen atoms in total. The summed E-state index contributed by atoms with van der Waals surface area (Å²) in [5, 5.41) is 9.50. The maximum Gasteiger partial charge on any atom is 0.306 e. The van der Waals surface area contributed by atoms with Gasteiger partial charge in [-0.1, -0.05) is 134 Å². The van der Waals surface area contributed by atoms with Crippen LogP contribution in [0.15, 0.2) is 48.6 Å². The van der Waals surface area contributed by atoms with Crippen LogP contribution in [0, 0.1) is 5.92 Å². The molecule has 44 heavy (non-hydrogen) atoms. The first-order valence-electron chi connectivity index (χ1n) is 17.5. The van der Waals surface area contributed by atoms with Gasteiger partial charge in [-0.05, 0) is 50.5 Å². The second kappa shape index (κ2) is 31.9. The van der Waals surface area contributed by atoms with Crippen molar-refractivity contribution >= 4 is 17.7 Å². The van der Waals surface area contributed by atoms with E-state index in [0.717, 1.165) is 63.7 Å². The number of aliphatic hydroxyl groups is 1. The third-order valence-corrected chi connectivity index (χ3v) is 7.64. The predicted octanol–water partition coefficient (Wildman–Crippen LogP) is 9.71. The summed E-state index contributed by atoms with van der Waals surface area (Å²) in [6.45, 7) is 6.24. The SMILES string of the molecule is CCCCCC(=O)/C=C/C=C\C/C=C\C/C=C\CCCC(=O)O[C@@H](CO)COC(=O)CCCCCCCCCCC(C)CC. The lowest BCUT2D eigenvalue weighted by atomic mass is 9.99. The molecule has 0 aromatic rings. The topological polar surface area (TPSA) is 89.9 Å². The standard InChI is InChI=1S/C38H64O6/c1-4-6-22-28-35(40)29-24-19-15-10-8-7-9-11-17-21-26-31-38(42)44-36(32-39)33-43-37(41)30-25-20-16-13-12-14-18-23-27-34(3)5-2/h7-8,11,15,17,19,24,29,34,36,39H,4-6,9-10,12-14,16,18,20-23,25-28,30-33H2,1-3H3/b8-7-,17-11-,19-15-,29-24+/t34?,36-/m0/s1. The fraction of sp³-hybridized carbons (Fsp3) is 0.711. The van der Waals surface area contributed by atoms with Gasteiger partial charge in [0.25, 0.3) is 0 Å². The van der Waals surface area contributed by atoms with Gasteiger partial charge in [0.05, 0.1) is 6.61 Å². The van der Waals surface area contributed by atoms with Crippen molar-refractivity contribution in [1.29, 1.82) is 0 Å². The van der Waals surface area contributed by atoms with Gasteiger partial charge < -0.3 is 14.6 Å². The zero-order valence-electron chi connectivity index (χ0n) is 28.3. The van der Waals surface area contributed by atoms with E-state index in [4.69, 9.17) is 9.47 Å². The zero-order valence-corrected chi connectivity index (χ0v) is 28.3. The highest BCUT2D eigenvalue weighted by atomic mass is 16.6. The predicted molar refractivity (Wildman–Crippen MR) is 182 cm³/mol. The number of rotatable bonds is 30. The highest BCUT2D eigenvalue weighted by Crippen LogP contribution is 2.15. The number of carbonyl (C=O) groups is 3. The summed E-state index contributed by atoms with van der Waals surface area (Å²) in [6, 6.07) is 0. The second-order valence-electron chi connectivity index (χ2n) is 11.9. The van der Waals surface area contributed by atoms with E-state index in [9.17, 15) is 19.5 Å². The van der Waals surface area contributed by atoms with Crippen LogP contribution in [0.5, 0.6) is 0 Å². The molecule has 0 rings (SSSR count). The molecule has 0 aliphatic carbocycles. The van der Waals surface area contributed by atoms with E-state index in [-0.39, 0.29) is 31.4 Å². The van der Waals surface area contributed by atoms with Gasteiger partial charge in [-0.25, -0.2) is 0 Å². The molecule has 0 heterocycles. The summed E-state index contributed by atoms with van der Waals surface area (Å²) in [7, 11) is 0. The first-order chi connectivity index (χ1) is 21.4. The van der Waals surface area contributed by atoms with Crippen LogP contribution in [0.2, 0.25) is 0 Å². The van der Waals surface area contributed by atoms with Crippen LogP contribution in [0.1, 0.15) is 149 Å². The van der Waals surface area contributed by atoms with E-state index < -0.39 is 12.1 Å². The Labute approximate surface area is 269 Å². The van der Waals surface area contributed by atoms with Crippen molar-refractivity contribution in [3.8, 4) is 0 Å². The number of aliphatic hydroxyl groups excluding tert-OH is 1. The first kappa shape index (κ1) is 41.5. The maximum atomic E-state index is 12.1. The second-order valence-corrected chi connectivity index (χ2v) is 11.9. The van der Waals surface area contributed by atoms with E-state index in [1.807, 2.05) is 24.3 Å². The number of hydrogen-bond donors (Lipinski definition) is 1. The summed E-state index contributed by atoms with van der Waals surface area (Å²) in [4.78, 5) is 35.8. The number of carbonyl (C=O) groups excluding carboxylic acids is 3. The van der Waals surface area contributed by atoms with Crippen molar-refractivity contribution in [1.82, 2.24) is 0 Å². The Hall–Kier alpha value is -2.47. The molecule has 1 N–H and O–H groups in total. The van der Waals surface area contributed by atoms with Crippen LogP contribution < -0.4 is 0 Å². The van der Waals surface area contributed by atoms with E-state index in [2.05, 4.69) is 39.0 Å². The molecule has 0 spiro atoms. The van der Waals surface area contributed by atoms with E-state index in [1.54, 1.807) is 6.08 Å². The summed E-state index contributed by atoms with van der Waals surface area (Å²) in [5.41, 5.74) is 0. The Bertz CT molecular complexity index is 825. The summed E-state index contributed by atoms with van der Waals surface area (Å²) < 4.78 is 10.5. The molecule has 0 fully saturated rings. The Balaban J connectivity index is 3.78. The molecule has 0 bridgehead atoms. The summed E-state index contributed by atoms with van der Waals surface area (Å²) >= 11 is 0. The number of ketones is 1. The van der Waals surface area contributed by atoms with Gasteiger partial charge in [0.2, 0.25) is 0 Å². The Morgan fingerprint density at radius 1 is 0.682 bits per heavy atom. The Morgan fingerprint density at radius 2 is 1.30 bits per heavy atom. The quantitative estimate of drug-likeness (QED) is 0.0284. The van der Waals surface area contributed by atoms with Crippen LogP contribution in [0.4, 0.5) is 0 Å². The molecular formula is C38H64O6. The van der Waals surface area contributed by atoms with Gasteiger partial charge >= 0.3 is 11.9 Å². The largest absolute Gasteiger partial charge is 0.462 e. The minimum atomic E-state index is -0.816. The molecule has 6 heteroatoms. The van der Waals surface area contributed by atoms with Crippen molar-refractivity contribution in [2.75, 3.05) is 13.2 Å². The van der Waals surface area contributed by atoms with Crippen molar-refractivity contribution in [3.05, 3.63) is 48.6 Å². The fourth-order valence-electron chi connectivity index (χ4n) is 4.53. The van der Waals surface area contributed by atoms with Crippen molar-refractivity contribution < 1.29 is 29.0 Å². The molecule has 2 atom stereocenters. The van der Waals surface area contributed by atoms with Gasteiger partial charge in [0.1, 0.15) is 6.61 Å². The fourth-order valence-corrected chi connectivity index (χ4v) is 4.53. The zero-order chi connectivity index (χ0) is 32.5. The van der Waals surface area contributed by atoms with Gasteiger partial charge in [0, 0.05) is 19.3 Å². The molecule has 0 aliphatic heterocycles. The normalized spacial score (nSPS) is 13.4. The number of allylic oxidation sites excluding steroid dienone is 8. The highest BCUT2D eigenvalue weighted by Gasteiger charge is 2.16. The van der Waals surface area contributed by atoms with Crippen molar-refractivity contribution in [2.45, 2.75) is 155 Å². The van der Waals surface area contributed by atoms with Crippen molar-refractivity contribution in [2.24, 2.45) is 5.92 Å². The minimum Gasteiger partial charge on any atom is -0.462 e. The van der Waals surface area contributed by atoms with E-state index in [1.165, 1.54) is 44.9 Å². The van der Waals surface area contributed by atoms with Gasteiger partial charge in [0.15, 0.2) is 11.9 Å². The minimum absolute atomic E-state index is 0.105. The van der Waals surface area contributed by atoms with E-state index >= 15 is 0 Å². The third kappa shape index (κ3) is 29.6. The highest BCUT2D eigenvalue weighted by molar-refractivity contribution is 5.89. The maximum absolute atomic E-state index is 12.1. The first-order valence-corrected chi connectivity index (χ1v) is 17.5. The lowest BCUT2D eigenvalue weighted by Crippen LogP contribution is -2.28. The van der Waals surface area contributed by atoms with Crippen LogP contribution >= 0.6 is 0 Å². The molecule has 0 aliphatic rings. The van der Waals surface area contributed by atoms with Gasteiger partial charge in [-0.2, -0.15) is 0 Å². The third-order valence-electron chi connectivity index (χ3n) is 7.64. The summed E-state index contributed by atoms with van der Waals surface area (Å²) in [6.07, 6.45) is 34.3. The molecule has 0 aromatic carbocycles. The molecular weight excluding hydrogens is 552 g/mol. The number of ether oxygens (including phenoxy) is 2.